The van der Waals surface area contributed by atoms with Crippen molar-refractivity contribution < 1.29 is 9.21 Å². The number of para-hydroxylation sites is 2. The molecule has 1 aromatic carbocycles. The second kappa shape index (κ2) is 4.98. The van der Waals surface area contributed by atoms with Crippen LogP contribution in [0.1, 0.15) is 40.0 Å². The predicted molar refractivity (Wildman–Crippen MR) is 91.7 cm³/mol. The number of amides is 1. The van der Waals surface area contributed by atoms with Gasteiger partial charge in [0.1, 0.15) is 6.54 Å². The van der Waals surface area contributed by atoms with Crippen molar-refractivity contribution in [3.8, 4) is 0 Å². The molecule has 1 saturated heterocycles. The van der Waals surface area contributed by atoms with Crippen LogP contribution in [0.2, 0.25) is 0 Å². The summed E-state index contributed by atoms with van der Waals surface area (Å²) in [5.74, 6) is -0.437. The molecular weight excluding hydrogens is 304 g/mol. The quantitative estimate of drug-likeness (QED) is 0.851. The minimum Gasteiger partial charge on any atom is -0.408 e. The molecule has 2 bridgehead atoms. The monoisotopic (exact) mass is 328 g/mol. The van der Waals surface area contributed by atoms with Gasteiger partial charge in [0.2, 0.25) is 5.91 Å². The Hall–Kier alpha value is -2.04. The minimum absolute atomic E-state index is 0.0232. The third kappa shape index (κ3) is 2.46. The summed E-state index contributed by atoms with van der Waals surface area (Å²) in [5.41, 5.74) is 1.69. The van der Waals surface area contributed by atoms with Crippen LogP contribution in [-0.2, 0) is 11.3 Å². The summed E-state index contributed by atoms with van der Waals surface area (Å²) >= 11 is 0. The summed E-state index contributed by atoms with van der Waals surface area (Å²) in [6.07, 6.45) is 3.26. The molecule has 2 atom stereocenters. The van der Waals surface area contributed by atoms with Crippen molar-refractivity contribution in [3.63, 3.8) is 0 Å². The lowest BCUT2D eigenvalue weighted by molar-refractivity contribution is -0.133. The van der Waals surface area contributed by atoms with Crippen LogP contribution < -0.4 is 5.76 Å². The molecule has 1 aliphatic carbocycles. The summed E-state index contributed by atoms with van der Waals surface area (Å²) in [7, 11) is 0. The van der Waals surface area contributed by atoms with Crippen LogP contribution in [0.5, 0.6) is 0 Å². The molecule has 0 radical (unpaired) electrons. The van der Waals surface area contributed by atoms with Crippen molar-refractivity contribution in [1.82, 2.24) is 9.47 Å². The van der Waals surface area contributed by atoms with E-state index in [0.29, 0.717) is 17.1 Å². The maximum absolute atomic E-state index is 12.9. The molecule has 1 aromatic heterocycles. The number of benzene rings is 1. The molecule has 4 rings (SSSR count). The first-order valence-electron chi connectivity index (χ1n) is 8.64. The maximum Gasteiger partial charge on any atom is 0.420 e. The van der Waals surface area contributed by atoms with Gasteiger partial charge in [-0.05, 0) is 42.2 Å². The average Bonchev–Trinajstić information content (AvgIpc) is 2.92. The molecule has 5 nitrogen and oxygen atoms in total. The second-order valence-electron chi connectivity index (χ2n) is 8.66. The number of hydrogen-bond donors (Lipinski definition) is 0. The lowest BCUT2D eigenvalue weighted by atomic mass is 9.65. The molecule has 128 valence electrons. The lowest BCUT2D eigenvalue weighted by Gasteiger charge is -2.39. The van der Waals surface area contributed by atoms with E-state index >= 15 is 0 Å². The molecule has 2 aliphatic rings. The summed E-state index contributed by atoms with van der Waals surface area (Å²) in [5, 5.41) is 0. The number of hydrogen-bond acceptors (Lipinski definition) is 3. The molecule has 1 saturated carbocycles. The van der Waals surface area contributed by atoms with E-state index < -0.39 is 5.76 Å². The molecule has 24 heavy (non-hydrogen) atoms. The summed E-state index contributed by atoms with van der Waals surface area (Å²) in [4.78, 5) is 27.0. The van der Waals surface area contributed by atoms with Crippen molar-refractivity contribution in [3.05, 3.63) is 34.8 Å². The van der Waals surface area contributed by atoms with Gasteiger partial charge >= 0.3 is 5.76 Å². The zero-order valence-corrected chi connectivity index (χ0v) is 14.5. The fraction of sp³-hybridized carbons (Fsp3) is 0.579. The number of rotatable bonds is 2. The van der Waals surface area contributed by atoms with Crippen LogP contribution in [0.3, 0.4) is 0 Å². The van der Waals surface area contributed by atoms with Gasteiger partial charge in [-0.3, -0.25) is 9.36 Å². The van der Waals surface area contributed by atoms with E-state index in [-0.39, 0.29) is 23.3 Å². The van der Waals surface area contributed by atoms with E-state index in [1.165, 1.54) is 4.57 Å². The van der Waals surface area contributed by atoms with Crippen LogP contribution >= 0.6 is 0 Å². The number of likely N-dealkylation sites (tertiary alicyclic amines) is 1. The third-order valence-corrected chi connectivity index (χ3v) is 5.60. The van der Waals surface area contributed by atoms with Crippen molar-refractivity contribution in [2.24, 2.45) is 10.8 Å². The van der Waals surface area contributed by atoms with Crippen LogP contribution in [0.15, 0.2) is 33.5 Å². The number of oxazole rings is 1. The zero-order valence-electron chi connectivity index (χ0n) is 14.5. The topological polar surface area (TPSA) is 55.5 Å². The van der Waals surface area contributed by atoms with Gasteiger partial charge in [-0.15, -0.1) is 0 Å². The summed E-state index contributed by atoms with van der Waals surface area (Å²) < 4.78 is 6.69. The maximum atomic E-state index is 12.9. The fourth-order valence-electron chi connectivity index (χ4n) is 5.14. The van der Waals surface area contributed by atoms with Crippen molar-refractivity contribution in [1.29, 1.82) is 0 Å². The third-order valence-electron chi connectivity index (χ3n) is 5.60. The van der Waals surface area contributed by atoms with Crippen LogP contribution in [0, 0.1) is 10.8 Å². The molecule has 1 aliphatic heterocycles. The average molecular weight is 328 g/mol. The van der Waals surface area contributed by atoms with E-state index in [9.17, 15) is 9.59 Å². The van der Waals surface area contributed by atoms with E-state index in [4.69, 9.17) is 4.42 Å². The Kier molecular flexibility index (Phi) is 3.21. The van der Waals surface area contributed by atoms with Gasteiger partial charge in [0.05, 0.1) is 5.52 Å². The Labute approximate surface area is 141 Å². The van der Waals surface area contributed by atoms with Crippen molar-refractivity contribution in [2.45, 2.75) is 52.6 Å². The minimum atomic E-state index is -0.460. The first kappa shape index (κ1) is 15.5. The highest BCUT2D eigenvalue weighted by Gasteiger charge is 2.50. The van der Waals surface area contributed by atoms with Gasteiger partial charge in [0.25, 0.3) is 0 Å². The SMILES string of the molecule is CC1(C)C[C@H]2C[C@](C)(CN2C(=O)Cn2c(=O)oc3ccccc32)C1. The molecule has 2 heterocycles. The fourth-order valence-corrected chi connectivity index (χ4v) is 5.14. The van der Waals surface area contributed by atoms with Gasteiger partial charge in [-0.1, -0.05) is 32.9 Å². The first-order chi connectivity index (χ1) is 11.3. The normalized spacial score (nSPS) is 28.5. The summed E-state index contributed by atoms with van der Waals surface area (Å²) in [6.45, 7) is 7.72. The molecule has 0 unspecified atom stereocenters. The van der Waals surface area contributed by atoms with Crippen LogP contribution in [0.4, 0.5) is 0 Å². The highest BCUT2D eigenvalue weighted by Crippen LogP contribution is 2.52. The molecule has 2 aromatic rings. The second-order valence-corrected chi connectivity index (χ2v) is 8.66. The molecule has 0 N–H and O–H groups in total. The van der Waals surface area contributed by atoms with Gasteiger partial charge in [0.15, 0.2) is 5.58 Å². The van der Waals surface area contributed by atoms with Gasteiger partial charge in [-0.25, -0.2) is 4.79 Å². The van der Waals surface area contributed by atoms with Gasteiger partial charge in [0, 0.05) is 12.6 Å². The van der Waals surface area contributed by atoms with Crippen LogP contribution in [-0.4, -0.2) is 28.0 Å². The Morgan fingerprint density at radius 3 is 2.79 bits per heavy atom. The first-order valence-corrected chi connectivity index (χ1v) is 8.64. The smallest absolute Gasteiger partial charge is 0.408 e. The highest BCUT2D eigenvalue weighted by molar-refractivity contribution is 5.80. The van der Waals surface area contributed by atoms with Gasteiger partial charge < -0.3 is 9.32 Å². The van der Waals surface area contributed by atoms with E-state index in [0.717, 1.165) is 25.8 Å². The molecule has 5 heteroatoms. The molecule has 0 spiro atoms. The highest BCUT2D eigenvalue weighted by atomic mass is 16.4. The largest absolute Gasteiger partial charge is 0.420 e. The number of aromatic nitrogens is 1. The molecule has 1 amide bonds. The zero-order chi connectivity index (χ0) is 17.1. The van der Waals surface area contributed by atoms with E-state index in [2.05, 4.69) is 20.8 Å². The van der Waals surface area contributed by atoms with Crippen LogP contribution in [0.25, 0.3) is 11.1 Å². The van der Waals surface area contributed by atoms with E-state index in [1.807, 2.05) is 23.1 Å². The Balaban J connectivity index is 1.61. The number of nitrogens with zero attached hydrogens (tertiary/aromatic N) is 2. The lowest BCUT2D eigenvalue weighted by Crippen LogP contribution is -2.40. The Morgan fingerprint density at radius 2 is 2.00 bits per heavy atom. The van der Waals surface area contributed by atoms with E-state index in [1.54, 1.807) is 6.07 Å². The predicted octanol–water partition coefficient (Wildman–Crippen LogP) is 3.02. The number of fused-ring (bicyclic) bond motifs is 3. The Morgan fingerprint density at radius 1 is 1.25 bits per heavy atom. The standard InChI is InChI=1S/C19H24N2O3/c1-18(2)8-13-9-19(3,11-18)12-21(13)16(22)10-20-14-6-4-5-7-15(14)24-17(20)23/h4-7,13H,8-12H2,1-3H3/t13-,19-/m0/s1. The van der Waals surface area contributed by atoms with Crippen molar-refractivity contribution in [2.75, 3.05) is 6.54 Å². The van der Waals surface area contributed by atoms with Gasteiger partial charge in [-0.2, -0.15) is 0 Å². The van der Waals surface area contributed by atoms with Crippen molar-refractivity contribution >= 4 is 17.0 Å². The molecular formula is C19H24N2O3. The Bertz CT molecular complexity index is 863. The summed E-state index contributed by atoms with van der Waals surface area (Å²) in [6, 6.07) is 7.54. The molecule has 2 fully saturated rings. The number of carbonyl (C=O) groups is 1. The number of carbonyl (C=O) groups excluding carboxylic acids is 1.